The van der Waals surface area contributed by atoms with Crippen LogP contribution in [-0.2, 0) is 0 Å². The Morgan fingerprint density at radius 2 is 1.62 bits per heavy atom. The van der Waals surface area contributed by atoms with Crippen molar-refractivity contribution in [3.63, 3.8) is 0 Å². The number of nitrogens with one attached hydrogen (secondary N) is 1. The highest BCUT2D eigenvalue weighted by Gasteiger charge is 2.18. The molecule has 0 bridgehead atoms. The first-order valence-electron chi connectivity index (χ1n) is 4.24. The highest BCUT2D eigenvalue weighted by Crippen LogP contribution is 2.38. The summed E-state index contributed by atoms with van der Waals surface area (Å²) in [4.78, 5) is 0. The van der Waals surface area contributed by atoms with Gasteiger partial charge in [-0.25, -0.2) is 4.72 Å². The standard InChI is InChI=1S/C4H14BNO4S.C2H6/c1-4(2)11(9,10)6-3-5(7)8;1-2/h4,6-10H,3H2,1-2H3;1-2H3. The lowest BCUT2D eigenvalue weighted by Crippen LogP contribution is -2.35. The molecule has 0 radical (unpaired) electrons. The zero-order valence-electron chi connectivity index (χ0n) is 8.56. The second kappa shape index (κ2) is 7.60. The summed E-state index contributed by atoms with van der Waals surface area (Å²) in [7, 11) is -4.42. The molecule has 0 fully saturated rings. The van der Waals surface area contributed by atoms with Crippen LogP contribution in [0.15, 0.2) is 0 Å². The van der Waals surface area contributed by atoms with Gasteiger partial charge in [0.1, 0.15) is 0 Å². The van der Waals surface area contributed by atoms with Crippen LogP contribution in [0.3, 0.4) is 0 Å². The predicted molar refractivity (Wildman–Crippen MR) is 57.5 cm³/mol. The lowest BCUT2D eigenvalue weighted by molar-refractivity contribution is 0.399. The summed E-state index contributed by atoms with van der Waals surface area (Å²) in [5.41, 5.74) is 0. The lowest BCUT2D eigenvalue weighted by Gasteiger charge is -2.36. The molecule has 0 rings (SSSR count). The molecular formula is C6H20BNO4S. The van der Waals surface area contributed by atoms with Gasteiger partial charge in [0.25, 0.3) is 0 Å². The molecule has 0 spiro atoms. The maximum atomic E-state index is 9.15. The molecule has 0 aromatic carbocycles. The van der Waals surface area contributed by atoms with Gasteiger partial charge in [-0.2, -0.15) is 0 Å². The van der Waals surface area contributed by atoms with Crippen LogP contribution in [0.4, 0.5) is 0 Å². The third-order valence-electron chi connectivity index (χ3n) is 1.14. The maximum absolute atomic E-state index is 9.15. The monoisotopic (exact) mass is 213 g/mol. The van der Waals surface area contributed by atoms with Crippen molar-refractivity contribution in [2.75, 3.05) is 6.44 Å². The Morgan fingerprint density at radius 1 is 1.23 bits per heavy atom. The van der Waals surface area contributed by atoms with E-state index in [0.717, 1.165) is 0 Å². The summed E-state index contributed by atoms with van der Waals surface area (Å²) in [6.07, 6.45) is -0.236. The molecule has 0 aliphatic carbocycles. The molecule has 0 saturated carbocycles. The third-order valence-corrected chi connectivity index (χ3v) is 3.04. The molecule has 13 heavy (non-hydrogen) atoms. The van der Waals surface area contributed by atoms with E-state index in [1.807, 2.05) is 13.8 Å². The van der Waals surface area contributed by atoms with E-state index in [1.54, 1.807) is 13.8 Å². The highest BCUT2D eigenvalue weighted by molar-refractivity contribution is 8.23. The van der Waals surface area contributed by atoms with Crippen molar-refractivity contribution in [2.24, 2.45) is 0 Å². The van der Waals surface area contributed by atoms with E-state index in [4.69, 9.17) is 19.2 Å². The molecule has 82 valence electrons. The van der Waals surface area contributed by atoms with Crippen LogP contribution < -0.4 is 4.72 Å². The van der Waals surface area contributed by atoms with Gasteiger partial charge < -0.3 is 10.0 Å². The first kappa shape index (κ1) is 15.7. The smallest absolute Gasteiger partial charge is 0.426 e. The fraction of sp³-hybridized carbons (Fsp3) is 1.00. The molecule has 0 heterocycles. The Bertz CT molecular complexity index is 123. The van der Waals surface area contributed by atoms with Crippen LogP contribution in [0.25, 0.3) is 0 Å². The SMILES string of the molecule is CC.CC(C)S(O)(O)NCB(O)O. The van der Waals surface area contributed by atoms with Gasteiger partial charge in [0.2, 0.25) is 0 Å². The van der Waals surface area contributed by atoms with Crippen molar-refractivity contribution in [3.05, 3.63) is 0 Å². The lowest BCUT2D eigenvalue weighted by atomic mass is 9.94. The number of rotatable bonds is 4. The first-order valence-corrected chi connectivity index (χ1v) is 5.85. The summed E-state index contributed by atoms with van der Waals surface area (Å²) in [5.74, 6) is 0. The zero-order valence-corrected chi connectivity index (χ0v) is 9.38. The van der Waals surface area contributed by atoms with Gasteiger partial charge in [-0.15, -0.1) is 10.8 Å². The summed E-state index contributed by atoms with van der Waals surface area (Å²) >= 11 is 0. The molecule has 0 saturated heterocycles. The van der Waals surface area contributed by atoms with Gasteiger partial charge in [-0.1, -0.05) is 13.8 Å². The van der Waals surface area contributed by atoms with E-state index < -0.39 is 17.9 Å². The van der Waals surface area contributed by atoms with Crippen molar-refractivity contribution in [3.8, 4) is 0 Å². The highest BCUT2D eigenvalue weighted by atomic mass is 32.3. The Kier molecular flexibility index (Phi) is 9.17. The maximum Gasteiger partial charge on any atom is 0.468 e. The fourth-order valence-corrected chi connectivity index (χ4v) is 1.09. The number of hydrogen-bond donors (Lipinski definition) is 5. The Morgan fingerprint density at radius 3 is 1.85 bits per heavy atom. The Balaban J connectivity index is 0. The van der Waals surface area contributed by atoms with Crippen LogP contribution in [0, 0.1) is 0 Å². The fourth-order valence-electron chi connectivity index (χ4n) is 0.364. The van der Waals surface area contributed by atoms with Crippen LogP contribution in [-0.4, -0.2) is 38.0 Å². The largest absolute Gasteiger partial charge is 0.468 e. The van der Waals surface area contributed by atoms with E-state index in [9.17, 15) is 0 Å². The van der Waals surface area contributed by atoms with Crippen LogP contribution in [0.2, 0.25) is 0 Å². The molecular weight excluding hydrogens is 193 g/mol. The molecule has 0 aromatic rings. The van der Waals surface area contributed by atoms with Crippen LogP contribution in [0.1, 0.15) is 27.7 Å². The normalized spacial score (nSPS) is 12.1. The topological polar surface area (TPSA) is 93.0 Å². The van der Waals surface area contributed by atoms with Crippen LogP contribution >= 0.6 is 10.8 Å². The first-order chi connectivity index (χ1) is 5.86. The van der Waals surface area contributed by atoms with E-state index in [0.29, 0.717) is 0 Å². The van der Waals surface area contributed by atoms with E-state index >= 15 is 0 Å². The zero-order chi connectivity index (χ0) is 11.1. The Hall–Kier alpha value is 0.215. The summed E-state index contributed by atoms with van der Waals surface area (Å²) < 4.78 is 20.5. The average molecular weight is 213 g/mol. The van der Waals surface area contributed by atoms with Crippen molar-refractivity contribution in [1.82, 2.24) is 4.72 Å². The summed E-state index contributed by atoms with van der Waals surface area (Å²) in [5, 5.41) is 16.4. The molecule has 0 aromatic heterocycles. The van der Waals surface area contributed by atoms with Gasteiger partial charge >= 0.3 is 7.12 Å². The van der Waals surface area contributed by atoms with Crippen molar-refractivity contribution in [1.29, 1.82) is 0 Å². The second-order valence-electron chi connectivity index (χ2n) is 2.47. The predicted octanol–water partition coefficient (Wildman–Crippen LogP) is 0.688. The molecule has 7 heteroatoms. The van der Waals surface area contributed by atoms with Gasteiger partial charge in [0, 0.05) is 6.44 Å². The third kappa shape index (κ3) is 8.54. The summed E-state index contributed by atoms with van der Waals surface area (Å²) in [6, 6.07) is 0. The minimum absolute atomic E-state index is 0.236. The quantitative estimate of drug-likeness (QED) is 0.443. The number of hydrogen-bond acceptors (Lipinski definition) is 5. The molecule has 0 aliphatic rings. The molecule has 0 atom stereocenters. The van der Waals surface area contributed by atoms with Gasteiger partial charge in [0.05, 0.1) is 5.25 Å². The van der Waals surface area contributed by atoms with E-state index in [-0.39, 0.29) is 11.7 Å². The molecule has 5 nitrogen and oxygen atoms in total. The van der Waals surface area contributed by atoms with Gasteiger partial charge in [-0.05, 0) is 13.8 Å². The van der Waals surface area contributed by atoms with Gasteiger partial charge in [0.15, 0.2) is 0 Å². The minimum Gasteiger partial charge on any atom is -0.426 e. The molecule has 0 unspecified atom stereocenters. The molecule has 5 N–H and O–H groups in total. The second-order valence-corrected chi connectivity index (χ2v) is 4.89. The van der Waals surface area contributed by atoms with Crippen molar-refractivity contribution in [2.45, 2.75) is 32.9 Å². The van der Waals surface area contributed by atoms with Crippen molar-refractivity contribution < 1.29 is 19.2 Å². The van der Waals surface area contributed by atoms with Crippen LogP contribution in [0.5, 0.6) is 0 Å². The molecule has 0 amide bonds. The van der Waals surface area contributed by atoms with Gasteiger partial charge in [-0.3, -0.25) is 9.11 Å². The van der Waals surface area contributed by atoms with E-state index in [2.05, 4.69) is 4.72 Å². The van der Waals surface area contributed by atoms with Crippen molar-refractivity contribution >= 4 is 17.9 Å². The molecule has 0 aliphatic heterocycles. The minimum atomic E-state index is -2.86. The average Bonchev–Trinajstić information content (AvgIpc) is 2.05. The summed E-state index contributed by atoms with van der Waals surface area (Å²) in [6.45, 7) is 7.26. The van der Waals surface area contributed by atoms with E-state index in [1.165, 1.54) is 0 Å². The Labute approximate surface area is 81.8 Å².